The molecule has 0 radical (unpaired) electrons. The van der Waals surface area contributed by atoms with Crippen molar-refractivity contribution in [3.63, 3.8) is 0 Å². The van der Waals surface area contributed by atoms with Crippen molar-refractivity contribution in [3.05, 3.63) is 72.8 Å². The summed E-state index contributed by atoms with van der Waals surface area (Å²) >= 11 is 0. The van der Waals surface area contributed by atoms with Crippen LogP contribution in [0, 0.1) is 17.8 Å². The highest BCUT2D eigenvalue weighted by atomic mass is 16.7. The zero-order valence-corrected chi connectivity index (χ0v) is 30.9. The van der Waals surface area contributed by atoms with Crippen molar-refractivity contribution in [2.75, 3.05) is 19.8 Å². The lowest BCUT2D eigenvalue weighted by atomic mass is 10.2. The molecule has 0 fully saturated rings. The van der Waals surface area contributed by atoms with Gasteiger partial charge in [0.25, 0.3) is 0 Å². The lowest BCUT2D eigenvalue weighted by Gasteiger charge is -2.21. The zero-order valence-electron chi connectivity index (χ0n) is 30.9. The third-order valence-corrected chi connectivity index (χ3v) is 6.82. The van der Waals surface area contributed by atoms with Gasteiger partial charge in [-0.25, -0.2) is 0 Å². The minimum absolute atomic E-state index is 0.323. The molecule has 0 saturated heterocycles. The van der Waals surface area contributed by atoms with Gasteiger partial charge in [-0.05, 0) is 90.6 Å². The number of hydrogen-bond acceptors (Lipinski definition) is 9. The highest BCUT2D eigenvalue weighted by Crippen LogP contribution is 2.26. The van der Waals surface area contributed by atoms with E-state index < -0.39 is 7.32 Å². The SMILES string of the molecule is CCC(OCC(C)C)Oc1ccc(OB(Oc2ccc(OC(CC)OCC(C)C)cc2)Oc2ccc(OC(CC)OCC(C)C)cc2)cc1. The maximum Gasteiger partial charge on any atom is 0.864 e. The molecule has 0 aromatic heterocycles. The van der Waals surface area contributed by atoms with Gasteiger partial charge in [-0.3, -0.25) is 0 Å². The quantitative estimate of drug-likeness (QED) is 0.0679. The molecule has 3 unspecified atom stereocenters. The van der Waals surface area contributed by atoms with E-state index in [0.717, 1.165) is 19.3 Å². The van der Waals surface area contributed by atoms with Gasteiger partial charge in [0.1, 0.15) is 34.5 Å². The molecule has 10 heteroatoms. The predicted molar refractivity (Wildman–Crippen MR) is 193 cm³/mol. The van der Waals surface area contributed by atoms with Crippen molar-refractivity contribution < 1.29 is 42.4 Å². The lowest BCUT2D eigenvalue weighted by molar-refractivity contribution is -0.0901. The molecule has 0 aliphatic carbocycles. The van der Waals surface area contributed by atoms with E-state index in [1.807, 2.05) is 93.6 Å². The van der Waals surface area contributed by atoms with Gasteiger partial charge >= 0.3 is 7.32 Å². The molecule has 0 aliphatic rings. The molecule has 270 valence electrons. The number of rotatable bonds is 24. The Kier molecular flexibility index (Phi) is 17.5. The smallest absolute Gasteiger partial charge is 0.490 e. The van der Waals surface area contributed by atoms with Crippen molar-refractivity contribution in [2.24, 2.45) is 17.8 Å². The van der Waals surface area contributed by atoms with Crippen LogP contribution < -0.4 is 28.2 Å². The summed E-state index contributed by atoms with van der Waals surface area (Å²) in [5.74, 6) is 4.92. The average molecular weight is 681 g/mol. The lowest BCUT2D eigenvalue weighted by Crippen LogP contribution is -2.37. The van der Waals surface area contributed by atoms with Gasteiger partial charge in [-0.15, -0.1) is 0 Å². The summed E-state index contributed by atoms with van der Waals surface area (Å²) in [5, 5.41) is 0. The summed E-state index contributed by atoms with van der Waals surface area (Å²) in [6, 6.07) is 21.9. The van der Waals surface area contributed by atoms with Crippen LogP contribution in [0.15, 0.2) is 72.8 Å². The molecule has 3 rings (SSSR count). The first-order valence-electron chi connectivity index (χ1n) is 17.7. The second-order valence-electron chi connectivity index (χ2n) is 13.1. The largest absolute Gasteiger partial charge is 0.864 e. The van der Waals surface area contributed by atoms with Crippen LogP contribution in [0.5, 0.6) is 34.5 Å². The van der Waals surface area contributed by atoms with E-state index in [0.29, 0.717) is 72.1 Å². The fourth-order valence-corrected chi connectivity index (χ4v) is 4.26. The monoisotopic (exact) mass is 680 g/mol. The average Bonchev–Trinajstić information content (AvgIpc) is 3.08. The van der Waals surface area contributed by atoms with Crippen LogP contribution in [0.2, 0.25) is 0 Å². The minimum atomic E-state index is -1.11. The first-order chi connectivity index (χ1) is 23.6. The van der Waals surface area contributed by atoms with Crippen molar-refractivity contribution in [1.29, 1.82) is 0 Å². The number of ether oxygens (including phenoxy) is 6. The molecule has 0 saturated carbocycles. The van der Waals surface area contributed by atoms with E-state index in [-0.39, 0.29) is 18.9 Å². The van der Waals surface area contributed by atoms with Crippen molar-refractivity contribution >= 4 is 7.32 Å². The van der Waals surface area contributed by atoms with Crippen LogP contribution >= 0.6 is 0 Å². The summed E-state index contributed by atoms with van der Waals surface area (Å²) in [7, 11) is -1.11. The summed E-state index contributed by atoms with van der Waals surface area (Å²) < 4.78 is 54.3. The van der Waals surface area contributed by atoms with Crippen molar-refractivity contribution in [2.45, 2.75) is 100 Å². The third-order valence-electron chi connectivity index (χ3n) is 6.82. The van der Waals surface area contributed by atoms with E-state index in [2.05, 4.69) is 41.5 Å². The van der Waals surface area contributed by atoms with E-state index in [1.165, 1.54) is 0 Å². The first kappa shape index (κ1) is 39.8. The van der Waals surface area contributed by atoms with Crippen LogP contribution in [0.3, 0.4) is 0 Å². The van der Waals surface area contributed by atoms with Crippen LogP contribution in [-0.2, 0) is 14.2 Å². The van der Waals surface area contributed by atoms with E-state index in [1.54, 1.807) is 0 Å². The Bertz CT molecular complexity index is 1120. The van der Waals surface area contributed by atoms with Crippen LogP contribution in [-0.4, -0.2) is 46.0 Å². The highest BCUT2D eigenvalue weighted by molar-refractivity contribution is 6.39. The van der Waals surface area contributed by atoms with Gasteiger partial charge in [0.2, 0.25) is 0 Å². The Hall–Kier alpha value is -3.60. The molecule has 3 aromatic rings. The van der Waals surface area contributed by atoms with Crippen molar-refractivity contribution in [3.8, 4) is 34.5 Å². The zero-order chi connectivity index (χ0) is 35.6. The Morgan fingerprint density at radius 2 is 0.612 bits per heavy atom. The van der Waals surface area contributed by atoms with Gasteiger partial charge in [-0.1, -0.05) is 62.3 Å². The first-order valence-corrected chi connectivity index (χ1v) is 17.7. The molecule has 0 spiro atoms. The third kappa shape index (κ3) is 15.7. The predicted octanol–water partition coefficient (Wildman–Crippen LogP) is 9.57. The molecule has 0 amide bonds. The Morgan fingerprint density at radius 1 is 0.388 bits per heavy atom. The summed E-state index contributed by atoms with van der Waals surface area (Å²) in [5.41, 5.74) is 0. The maximum absolute atomic E-state index is 6.19. The fourth-order valence-electron chi connectivity index (χ4n) is 4.26. The number of benzene rings is 3. The van der Waals surface area contributed by atoms with Crippen LogP contribution in [0.25, 0.3) is 0 Å². The number of hydrogen-bond donors (Lipinski definition) is 0. The van der Waals surface area contributed by atoms with Crippen LogP contribution in [0.4, 0.5) is 0 Å². The molecular formula is C39H57BO9. The molecular weight excluding hydrogens is 623 g/mol. The molecule has 0 aliphatic heterocycles. The van der Waals surface area contributed by atoms with Crippen molar-refractivity contribution in [1.82, 2.24) is 0 Å². The summed E-state index contributed by atoms with van der Waals surface area (Å²) in [6.45, 7) is 20.7. The molecule has 3 atom stereocenters. The van der Waals surface area contributed by atoms with Gasteiger partial charge in [0.05, 0.1) is 19.8 Å². The second kappa shape index (κ2) is 21.5. The van der Waals surface area contributed by atoms with E-state index in [4.69, 9.17) is 42.4 Å². The van der Waals surface area contributed by atoms with Crippen LogP contribution in [0.1, 0.15) is 81.6 Å². The molecule has 3 aromatic carbocycles. The summed E-state index contributed by atoms with van der Waals surface area (Å²) in [6.07, 6.45) is 1.23. The molecule has 0 heterocycles. The van der Waals surface area contributed by atoms with E-state index in [9.17, 15) is 0 Å². The Morgan fingerprint density at radius 3 is 0.816 bits per heavy atom. The second-order valence-corrected chi connectivity index (χ2v) is 13.1. The van der Waals surface area contributed by atoms with Gasteiger partial charge < -0.3 is 42.4 Å². The highest BCUT2D eigenvalue weighted by Gasteiger charge is 2.30. The Balaban J connectivity index is 1.71. The standard InChI is InChI=1S/C39H57BO9/c1-10-37(41-25-28(4)5)44-31-13-19-34(20-14-31)47-40(48-35-21-15-32(16-22-35)45-38(11-2)42-26-29(6)7)49-36-23-17-33(18-24-36)46-39(12-3)43-27-30(8)9/h13-24,28-30,37-39H,10-12,25-27H2,1-9H3. The van der Waals surface area contributed by atoms with Gasteiger partial charge in [-0.2, -0.15) is 0 Å². The van der Waals surface area contributed by atoms with E-state index >= 15 is 0 Å². The van der Waals surface area contributed by atoms with Gasteiger partial charge in [0.15, 0.2) is 18.9 Å². The maximum atomic E-state index is 6.19. The van der Waals surface area contributed by atoms with Gasteiger partial charge in [0, 0.05) is 19.3 Å². The molecule has 0 N–H and O–H groups in total. The topological polar surface area (TPSA) is 83.1 Å². The fraction of sp³-hybridized carbons (Fsp3) is 0.538. The molecule has 0 bridgehead atoms. The minimum Gasteiger partial charge on any atom is -0.490 e. The normalized spacial score (nSPS) is 13.2. The molecule has 49 heavy (non-hydrogen) atoms. The summed E-state index contributed by atoms with van der Waals surface area (Å²) in [4.78, 5) is 0. The molecule has 9 nitrogen and oxygen atoms in total. The Labute approximate surface area is 294 Å².